The van der Waals surface area contributed by atoms with Crippen LogP contribution < -0.4 is 16.0 Å². The number of anilines is 2. The Kier molecular flexibility index (Phi) is 9.55. The molecule has 7 nitrogen and oxygen atoms in total. The van der Waals surface area contributed by atoms with Crippen molar-refractivity contribution < 1.29 is 14.4 Å². The molecule has 3 amide bonds. The lowest BCUT2D eigenvalue weighted by molar-refractivity contribution is -0.114. The Morgan fingerprint density at radius 3 is 2.23 bits per heavy atom. The van der Waals surface area contributed by atoms with Crippen LogP contribution in [0.25, 0.3) is 0 Å². The van der Waals surface area contributed by atoms with E-state index in [1.165, 1.54) is 0 Å². The predicted octanol–water partition coefficient (Wildman–Crippen LogP) is 3.75. The summed E-state index contributed by atoms with van der Waals surface area (Å²) in [4.78, 5) is 38.5. The average Bonchev–Trinajstić information content (AvgIpc) is 2.79. The first-order valence-corrected chi connectivity index (χ1v) is 10.8. The number of amides is 3. The van der Waals surface area contributed by atoms with Crippen molar-refractivity contribution in [3.8, 4) is 0 Å². The number of rotatable bonds is 11. The van der Waals surface area contributed by atoms with Crippen LogP contribution in [-0.4, -0.2) is 48.8 Å². The Morgan fingerprint density at radius 2 is 1.58 bits per heavy atom. The lowest BCUT2D eigenvalue weighted by Gasteiger charge is -2.19. The number of unbranched alkanes of at least 4 members (excludes halogenated alkanes) is 1. The zero-order valence-electron chi connectivity index (χ0n) is 18.5. The molecule has 0 radical (unpaired) electrons. The van der Waals surface area contributed by atoms with Crippen molar-refractivity contribution >= 4 is 29.1 Å². The third-order valence-corrected chi connectivity index (χ3v) is 4.86. The molecule has 31 heavy (non-hydrogen) atoms. The van der Waals surface area contributed by atoms with Crippen molar-refractivity contribution in [3.63, 3.8) is 0 Å². The van der Waals surface area contributed by atoms with Gasteiger partial charge in [0.15, 0.2) is 0 Å². The van der Waals surface area contributed by atoms with Crippen molar-refractivity contribution in [2.75, 3.05) is 36.8 Å². The van der Waals surface area contributed by atoms with E-state index in [0.717, 1.165) is 18.5 Å². The molecule has 0 saturated carbocycles. The zero-order valence-corrected chi connectivity index (χ0v) is 18.5. The van der Waals surface area contributed by atoms with Crippen LogP contribution in [0.1, 0.15) is 54.3 Å². The minimum absolute atomic E-state index is 0.0574. The van der Waals surface area contributed by atoms with Crippen LogP contribution in [0.3, 0.4) is 0 Å². The summed E-state index contributed by atoms with van der Waals surface area (Å²) in [5, 5.41) is 8.72. The molecule has 0 atom stereocenters. The minimum Gasteiger partial charge on any atom is -0.376 e. The van der Waals surface area contributed by atoms with E-state index in [1.54, 1.807) is 53.4 Å². The molecule has 2 aromatic carbocycles. The lowest BCUT2D eigenvalue weighted by atomic mass is 10.1. The van der Waals surface area contributed by atoms with Crippen molar-refractivity contribution in [3.05, 3.63) is 59.7 Å². The van der Waals surface area contributed by atoms with E-state index in [-0.39, 0.29) is 24.3 Å². The topological polar surface area (TPSA) is 90.5 Å². The quantitative estimate of drug-likeness (QED) is 0.479. The van der Waals surface area contributed by atoms with Gasteiger partial charge in [-0.05, 0) is 62.7 Å². The van der Waals surface area contributed by atoms with Gasteiger partial charge in [0.25, 0.3) is 11.8 Å². The van der Waals surface area contributed by atoms with Gasteiger partial charge in [-0.2, -0.15) is 0 Å². The van der Waals surface area contributed by atoms with Gasteiger partial charge in [-0.25, -0.2) is 0 Å². The first kappa shape index (κ1) is 23.9. The second kappa shape index (κ2) is 12.4. The van der Waals surface area contributed by atoms with E-state index in [4.69, 9.17) is 0 Å². The summed E-state index contributed by atoms with van der Waals surface area (Å²) in [6, 6.07) is 13.9. The third-order valence-electron chi connectivity index (χ3n) is 4.86. The summed E-state index contributed by atoms with van der Waals surface area (Å²) in [6.45, 7) is 7.94. The highest BCUT2D eigenvalue weighted by Crippen LogP contribution is 2.14. The molecule has 0 aromatic heterocycles. The van der Waals surface area contributed by atoms with Gasteiger partial charge < -0.3 is 20.9 Å². The molecule has 0 saturated heterocycles. The largest absolute Gasteiger partial charge is 0.376 e. The van der Waals surface area contributed by atoms with Crippen LogP contribution in [0.4, 0.5) is 11.4 Å². The van der Waals surface area contributed by atoms with Gasteiger partial charge in [-0.1, -0.05) is 19.4 Å². The molecule has 0 fully saturated rings. The highest BCUT2D eigenvalue weighted by molar-refractivity contribution is 5.98. The molecule has 0 heterocycles. The fraction of sp³-hybridized carbons (Fsp3) is 0.375. The Hall–Kier alpha value is -3.35. The van der Waals surface area contributed by atoms with Crippen LogP contribution in [0.5, 0.6) is 0 Å². The van der Waals surface area contributed by atoms with Crippen LogP contribution >= 0.6 is 0 Å². The Morgan fingerprint density at radius 1 is 0.871 bits per heavy atom. The van der Waals surface area contributed by atoms with E-state index in [1.807, 2.05) is 13.8 Å². The maximum atomic E-state index is 12.5. The molecule has 0 aliphatic carbocycles. The summed E-state index contributed by atoms with van der Waals surface area (Å²) >= 11 is 0. The summed E-state index contributed by atoms with van der Waals surface area (Å²) in [7, 11) is 0. The zero-order chi connectivity index (χ0) is 22.6. The van der Waals surface area contributed by atoms with Crippen molar-refractivity contribution in [2.24, 2.45) is 0 Å². The highest BCUT2D eigenvalue weighted by atomic mass is 16.2. The van der Waals surface area contributed by atoms with Crippen LogP contribution in [0.15, 0.2) is 48.5 Å². The van der Waals surface area contributed by atoms with Crippen molar-refractivity contribution in [1.82, 2.24) is 10.2 Å². The van der Waals surface area contributed by atoms with Gasteiger partial charge in [0.2, 0.25) is 5.91 Å². The molecule has 3 N–H and O–H groups in total. The van der Waals surface area contributed by atoms with Gasteiger partial charge in [0.1, 0.15) is 0 Å². The SMILES string of the molecule is CCCCNC(=O)c1ccc(NCC(=O)Nc2cccc(C(=O)N(CC)CC)c2)cc1. The number of nitrogens with zero attached hydrogens (tertiary/aromatic N) is 1. The maximum Gasteiger partial charge on any atom is 0.253 e. The Labute approximate surface area is 184 Å². The van der Waals surface area contributed by atoms with Gasteiger partial charge >= 0.3 is 0 Å². The van der Waals surface area contributed by atoms with E-state index in [0.29, 0.717) is 36.4 Å². The number of carbonyl (C=O) groups excluding carboxylic acids is 3. The average molecular weight is 425 g/mol. The van der Waals surface area contributed by atoms with Gasteiger partial charge in [0, 0.05) is 42.1 Å². The van der Waals surface area contributed by atoms with Gasteiger partial charge in [0.05, 0.1) is 6.54 Å². The fourth-order valence-corrected chi connectivity index (χ4v) is 3.03. The molecule has 0 aliphatic heterocycles. The molecule has 0 unspecified atom stereocenters. The second-order valence-electron chi connectivity index (χ2n) is 7.15. The molecule has 0 spiro atoms. The minimum atomic E-state index is -0.228. The second-order valence-corrected chi connectivity index (χ2v) is 7.15. The Bertz CT molecular complexity index is 877. The van der Waals surface area contributed by atoms with Gasteiger partial charge in [-0.15, -0.1) is 0 Å². The van der Waals surface area contributed by atoms with Crippen LogP contribution in [0, 0.1) is 0 Å². The van der Waals surface area contributed by atoms with Gasteiger partial charge in [-0.3, -0.25) is 14.4 Å². The van der Waals surface area contributed by atoms with Crippen molar-refractivity contribution in [1.29, 1.82) is 0 Å². The smallest absolute Gasteiger partial charge is 0.253 e. The normalized spacial score (nSPS) is 10.3. The third kappa shape index (κ3) is 7.44. The molecule has 2 aromatic rings. The molecule has 0 aliphatic rings. The Balaban J connectivity index is 1.87. The first-order valence-electron chi connectivity index (χ1n) is 10.8. The molecule has 2 rings (SSSR count). The van der Waals surface area contributed by atoms with E-state index < -0.39 is 0 Å². The summed E-state index contributed by atoms with van der Waals surface area (Å²) in [6.07, 6.45) is 1.98. The summed E-state index contributed by atoms with van der Waals surface area (Å²) < 4.78 is 0. The van der Waals surface area contributed by atoms with Crippen LogP contribution in [-0.2, 0) is 4.79 Å². The number of hydrogen-bond acceptors (Lipinski definition) is 4. The van der Waals surface area contributed by atoms with Crippen molar-refractivity contribution in [2.45, 2.75) is 33.6 Å². The maximum absolute atomic E-state index is 12.5. The molecular weight excluding hydrogens is 392 g/mol. The summed E-state index contributed by atoms with van der Waals surface area (Å²) in [5.41, 5.74) is 2.44. The first-order chi connectivity index (χ1) is 15.0. The summed E-state index contributed by atoms with van der Waals surface area (Å²) in [5.74, 6) is -0.385. The standard InChI is InChI=1S/C24H32N4O3/c1-4-7-15-25-23(30)18-11-13-20(14-12-18)26-17-22(29)27-21-10-8-9-19(16-21)24(31)28(5-2)6-3/h8-14,16,26H,4-7,15,17H2,1-3H3,(H,25,30)(H,27,29). The monoisotopic (exact) mass is 424 g/mol. The fourth-order valence-electron chi connectivity index (χ4n) is 3.03. The molecule has 7 heteroatoms. The predicted molar refractivity (Wildman–Crippen MR) is 124 cm³/mol. The molecular formula is C24H32N4O3. The van der Waals surface area contributed by atoms with Crippen LogP contribution in [0.2, 0.25) is 0 Å². The van der Waals surface area contributed by atoms with E-state index >= 15 is 0 Å². The molecule has 0 bridgehead atoms. The number of hydrogen-bond donors (Lipinski definition) is 3. The van der Waals surface area contributed by atoms with E-state index in [9.17, 15) is 14.4 Å². The number of carbonyl (C=O) groups is 3. The number of nitrogens with one attached hydrogen (secondary N) is 3. The van der Waals surface area contributed by atoms with E-state index in [2.05, 4.69) is 22.9 Å². The number of benzene rings is 2. The lowest BCUT2D eigenvalue weighted by Crippen LogP contribution is -2.30. The highest BCUT2D eigenvalue weighted by Gasteiger charge is 2.13. The molecule has 166 valence electrons.